The molecule has 0 aromatic carbocycles. The zero-order valence-corrected chi connectivity index (χ0v) is 14.5. The van der Waals surface area contributed by atoms with Crippen LogP contribution in [0, 0.1) is 0 Å². The Labute approximate surface area is 152 Å². The molecular formula is C18H12ClN3O2S. The predicted molar refractivity (Wildman–Crippen MR) is 97.7 cm³/mol. The molecule has 25 heavy (non-hydrogen) atoms. The van der Waals surface area contributed by atoms with Gasteiger partial charge in [-0.2, -0.15) is 0 Å². The molecule has 4 rings (SSSR count). The third kappa shape index (κ3) is 3.14. The maximum atomic E-state index is 12.4. The van der Waals surface area contributed by atoms with E-state index in [1.807, 2.05) is 17.5 Å². The van der Waals surface area contributed by atoms with Crippen molar-refractivity contribution in [2.45, 2.75) is 6.54 Å². The quantitative estimate of drug-likeness (QED) is 0.536. The van der Waals surface area contributed by atoms with E-state index in [9.17, 15) is 4.79 Å². The number of pyridine rings is 2. The number of carbonyl (C=O) groups is 1. The first-order valence-corrected chi connectivity index (χ1v) is 8.78. The van der Waals surface area contributed by atoms with E-state index >= 15 is 0 Å². The second kappa shape index (κ2) is 6.66. The van der Waals surface area contributed by atoms with Gasteiger partial charge in [0.15, 0.2) is 0 Å². The van der Waals surface area contributed by atoms with Gasteiger partial charge in [0.2, 0.25) is 0 Å². The minimum Gasteiger partial charge on any atom is -0.467 e. The highest BCUT2D eigenvalue weighted by atomic mass is 35.5. The molecule has 0 aliphatic carbocycles. The summed E-state index contributed by atoms with van der Waals surface area (Å²) in [7, 11) is 0. The molecule has 0 radical (unpaired) electrons. The van der Waals surface area contributed by atoms with Crippen LogP contribution in [-0.2, 0) is 6.54 Å². The van der Waals surface area contributed by atoms with Crippen molar-refractivity contribution in [1.82, 2.24) is 15.3 Å². The number of hydrogen-bond donors (Lipinski definition) is 1. The van der Waals surface area contributed by atoms with E-state index in [2.05, 4.69) is 15.3 Å². The number of furan rings is 1. The highest BCUT2D eigenvalue weighted by Crippen LogP contribution is 2.32. The molecule has 5 nitrogen and oxygen atoms in total. The molecule has 4 heterocycles. The van der Waals surface area contributed by atoms with Crippen molar-refractivity contribution < 1.29 is 9.21 Å². The number of hydrogen-bond acceptors (Lipinski definition) is 5. The molecule has 1 amide bonds. The second-order valence-electron chi connectivity index (χ2n) is 5.29. The van der Waals surface area contributed by atoms with Gasteiger partial charge in [-0.25, -0.2) is 9.97 Å². The summed E-state index contributed by atoms with van der Waals surface area (Å²) in [4.78, 5) is 22.2. The van der Waals surface area contributed by atoms with Gasteiger partial charge in [0.25, 0.3) is 5.91 Å². The monoisotopic (exact) mass is 369 g/mol. The molecule has 0 aliphatic heterocycles. The van der Waals surface area contributed by atoms with Crippen LogP contribution in [-0.4, -0.2) is 15.9 Å². The Balaban J connectivity index is 1.71. The molecule has 0 aliphatic rings. The van der Waals surface area contributed by atoms with Crippen LogP contribution in [0.3, 0.4) is 0 Å². The molecule has 7 heteroatoms. The topological polar surface area (TPSA) is 68.0 Å². The molecule has 4 aromatic rings. The molecule has 0 atom stereocenters. The van der Waals surface area contributed by atoms with Crippen LogP contribution < -0.4 is 5.32 Å². The Hall–Kier alpha value is -2.70. The number of fused-ring (bicyclic) bond motifs is 1. The van der Waals surface area contributed by atoms with E-state index < -0.39 is 0 Å². The van der Waals surface area contributed by atoms with Gasteiger partial charge in [0.05, 0.1) is 18.3 Å². The van der Waals surface area contributed by atoms with Crippen LogP contribution >= 0.6 is 22.9 Å². The molecular weight excluding hydrogens is 358 g/mol. The number of thiophene rings is 1. The largest absolute Gasteiger partial charge is 0.467 e. The van der Waals surface area contributed by atoms with Crippen LogP contribution in [0.2, 0.25) is 5.15 Å². The van der Waals surface area contributed by atoms with E-state index in [4.69, 9.17) is 16.0 Å². The van der Waals surface area contributed by atoms with Crippen molar-refractivity contribution in [3.05, 3.63) is 70.8 Å². The number of amides is 1. The highest BCUT2D eigenvalue weighted by Gasteiger charge is 2.14. The summed E-state index contributed by atoms with van der Waals surface area (Å²) in [6.07, 6.45) is 3.26. The molecule has 1 N–H and O–H groups in total. The number of nitrogens with zero attached hydrogens (tertiary/aromatic N) is 2. The molecule has 0 spiro atoms. The Kier molecular flexibility index (Phi) is 4.21. The fourth-order valence-corrected chi connectivity index (χ4v) is 3.43. The Bertz CT molecular complexity index is 1030. The highest BCUT2D eigenvalue weighted by molar-refractivity contribution is 7.13. The Morgan fingerprint density at radius 1 is 1.24 bits per heavy atom. The maximum absolute atomic E-state index is 12.4. The van der Waals surface area contributed by atoms with Crippen LogP contribution in [0.4, 0.5) is 0 Å². The smallest absolute Gasteiger partial charge is 0.270 e. The summed E-state index contributed by atoms with van der Waals surface area (Å²) >= 11 is 7.77. The van der Waals surface area contributed by atoms with E-state index in [1.165, 1.54) is 0 Å². The summed E-state index contributed by atoms with van der Waals surface area (Å²) in [5.74, 6) is 0.407. The summed E-state index contributed by atoms with van der Waals surface area (Å²) in [6, 6.07) is 10.9. The fraction of sp³-hybridized carbons (Fsp3) is 0.0556. The van der Waals surface area contributed by atoms with Crippen molar-refractivity contribution in [2.75, 3.05) is 0 Å². The molecule has 0 unspecified atom stereocenters. The third-order valence-electron chi connectivity index (χ3n) is 3.70. The molecule has 0 saturated carbocycles. The van der Waals surface area contributed by atoms with Gasteiger partial charge in [0, 0.05) is 22.0 Å². The lowest BCUT2D eigenvalue weighted by Gasteiger charge is -2.08. The van der Waals surface area contributed by atoms with Gasteiger partial charge >= 0.3 is 0 Å². The molecule has 0 fully saturated rings. The zero-order chi connectivity index (χ0) is 17.2. The van der Waals surface area contributed by atoms with Crippen molar-refractivity contribution in [1.29, 1.82) is 0 Å². The molecule has 0 saturated heterocycles. The lowest BCUT2D eigenvalue weighted by Crippen LogP contribution is -2.23. The number of nitrogens with one attached hydrogen (secondary N) is 1. The minimum atomic E-state index is -0.275. The normalized spacial score (nSPS) is 10.9. The summed E-state index contributed by atoms with van der Waals surface area (Å²) in [5, 5.41) is 5.86. The minimum absolute atomic E-state index is 0.275. The van der Waals surface area contributed by atoms with Crippen LogP contribution in [0.1, 0.15) is 16.2 Å². The number of halogens is 1. The zero-order valence-electron chi connectivity index (χ0n) is 12.9. The van der Waals surface area contributed by atoms with Crippen LogP contribution in [0.25, 0.3) is 21.3 Å². The Morgan fingerprint density at radius 3 is 2.92 bits per heavy atom. The van der Waals surface area contributed by atoms with E-state index in [0.717, 1.165) is 15.8 Å². The number of rotatable bonds is 4. The van der Waals surface area contributed by atoms with Gasteiger partial charge in [-0.1, -0.05) is 17.7 Å². The summed E-state index contributed by atoms with van der Waals surface area (Å²) in [6.45, 7) is 0.306. The average molecular weight is 370 g/mol. The SMILES string of the molecule is O=C(NCc1ccco1)c1ccc2c(Cl)ncc(-c3cccs3)c2n1. The van der Waals surface area contributed by atoms with Crippen LogP contribution in [0.15, 0.2) is 58.7 Å². The second-order valence-corrected chi connectivity index (χ2v) is 6.60. The van der Waals surface area contributed by atoms with Crippen molar-refractivity contribution in [3.63, 3.8) is 0 Å². The summed E-state index contributed by atoms with van der Waals surface area (Å²) in [5.41, 5.74) is 1.84. The first kappa shape index (κ1) is 15.8. The Morgan fingerprint density at radius 2 is 2.16 bits per heavy atom. The van der Waals surface area contributed by atoms with Gasteiger partial charge in [-0.3, -0.25) is 4.79 Å². The van der Waals surface area contributed by atoms with Crippen molar-refractivity contribution in [2.24, 2.45) is 0 Å². The number of aromatic nitrogens is 2. The average Bonchev–Trinajstić information content (AvgIpc) is 3.33. The predicted octanol–water partition coefficient (Wildman–Crippen LogP) is 4.53. The van der Waals surface area contributed by atoms with Gasteiger partial charge in [-0.15, -0.1) is 11.3 Å². The van der Waals surface area contributed by atoms with Crippen molar-refractivity contribution in [3.8, 4) is 10.4 Å². The van der Waals surface area contributed by atoms with Gasteiger partial charge in [-0.05, 0) is 35.7 Å². The van der Waals surface area contributed by atoms with Crippen molar-refractivity contribution >= 4 is 39.7 Å². The standard InChI is InChI=1S/C18H12ClN3O2S/c19-17-12-5-6-14(18(23)21-9-11-3-1-7-24-11)22-16(12)13(10-20-17)15-4-2-8-25-15/h1-8,10H,9H2,(H,21,23). The number of carbonyl (C=O) groups excluding carboxylic acids is 1. The van der Waals surface area contributed by atoms with E-state index in [0.29, 0.717) is 28.7 Å². The lowest BCUT2D eigenvalue weighted by atomic mass is 10.1. The van der Waals surface area contributed by atoms with E-state index in [1.54, 1.807) is 48.1 Å². The van der Waals surface area contributed by atoms with Gasteiger partial charge in [0.1, 0.15) is 16.6 Å². The lowest BCUT2D eigenvalue weighted by molar-refractivity contribution is 0.0943. The van der Waals surface area contributed by atoms with E-state index in [-0.39, 0.29) is 5.91 Å². The maximum Gasteiger partial charge on any atom is 0.270 e. The third-order valence-corrected chi connectivity index (χ3v) is 4.91. The summed E-state index contributed by atoms with van der Waals surface area (Å²) < 4.78 is 5.21. The molecule has 4 aromatic heterocycles. The van der Waals surface area contributed by atoms with Crippen LogP contribution in [0.5, 0.6) is 0 Å². The molecule has 124 valence electrons. The van der Waals surface area contributed by atoms with Gasteiger partial charge < -0.3 is 9.73 Å². The first-order chi connectivity index (χ1) is 12.2. The fourth-order valence-electron chi connectivity index (χ4n) is 2.49. The molecule has 0 bridgehead atoms. The first-order valence-electron chi connectivity index (χ1n) is 7.52.